The summed E-state index contributed by atoms with van der Waals surface area (Å²) in [6, 6.07) is 13.0. The van der Waals surface area contributed by atoms with Gasteiger partial charge >= 0.3 is 5.97 Å². The average molecular weight is 435 g/mol. The molecule has 0 aliphatic heterocycles. The van der Waals surface area contributed by atoms with E-state index in [0.29, 0.717) is 5.92 Å². The van der Waals surface area contributed by atoms with Crippen LogP contribution in [0.5, 0.6) is 5.75 Å². The fourth-order valence-corrected chi connectivity index (χ4v) is 3.63. The summed E-state index contributed by atoms with van der Waals surface area (Å²) < 4.78 is 33.4. The van der Waals surface area contributed by atoms with Crippen molar-refractivity contribution in [3.63, 3.8) is 0 Å². The van der Waals surface area contributed by atoms with E-state index in [2.05, 4.69) is 19.2 Å². The van der Waals surface area contributed by atoms with Crippen molar-refractivity contribution in [2.75, 3.05) is 13.7 Å². The highest BCUT2D eigenvalue weighted by atomic mass is 32.2. The summed E-state index contributed by atoms with van der Waals surface area (Å²) >= 11 is 0. The number of ether oxygens (including phenoxy) is 2. The highest BCUT2D eigenvalue weighted by Gasteiger charge is 2.20. The van der Waals surface area contributed by atoms with Crippen LogP contribution in [0.4, 0.5) is 0 Å². The van der Waals surface area contributed by atoms with Gasteiger partial charge in [-0.2, -0.15) is 0 Å². The minimum absolute atomic E-state index is 0.00572. The molecule has 9 heteroatoms. The first kappa shape index (κ1) is 23.4. The molecule has 0 saturated carbocycles. The Morgan fingerprint density at radius 3 is 2.33 bits per heavy atom. The summed E-state index contributed by atoms with van der Waals surface area (Å²) in [6.45, 7) is 3.60. The van der Waals surface area contributed by atoms with E-state index in [1.54, 1.807) is 0 Å². The van der Waals surface area contributed by atoms with Gasteiger partial charge in [0.1, 0.15) is 10.6 Å². The lowest BCUT2D eigenvalue weighted by molar-refractivity contribution is -0.125. The number of amides is 1. The molecule has 0 fully saturated rings. The molecule has 2 aromatic rings. The average Bonchev–Trinajstić information content (AvgIpc) is 2.70. The summed E-state index contributed by atoms with van der Waals surface area (Å²) in [7, 11) is -2.82. The van der Waals surface area contributed by atoms with Crippen LogP contribution in [-0.4, -0.2) is 34.0 Å². The lowest BCUT2D eigenvalue weighted by Crippen LogP contribution is -2.33. The smallest absolute Gasteiger partial charge is 0.338 e. The van der Waals surface area contributed by atoms with Gasteiger partial charge in [-0.15, -0.1) is 0 Å². The van der Waals surface area contributed by atoms with Gasteiger partial charge in [0.05, 0.1) is 18.7 Å². The van der Waals surface area contributed by atoms with Gasteiger partial charge in [0, 0.05) is 0 Å². The molecule has 0 spiro atoms. The molecule has 0 aliphatic carbocycles. The number of nitrogens with two attached hydrogens (primary N) is 1. The summed E-state index contributed by atoms with van der Waals surface area (Å²) in [5, 5.41) is 8.02. The molecule has 0 saturated heterocycles. The number of hydrogen-bond donors (Lipinski definition) is 2. The van der Waals surface area contributed by atoms with Gasteiger partial charge in [0.25, 0.3) is 5.91 Å². The van der Waals surface area contributed by atoms with E-state index in [4.69, 9.17) is 14.6 Å². The Hall–Kier alpha value is -2.91. The molecule has 0 heterocycles. The fraction of sp³-hybridized carbons (Fsp3) is 0.333. The zero-order valence-electron chi connectivity index (χ0n) is 17.1. The number of rotatable bonds is 9. The first-order valence-corrected chi connectivity index (χ1v) is 10.9. The monoisotopic (exact) mass is 434 g/mol. The Morgan fingerprint density at radius 1 is 1.10 bits per heavy atom. The molecule has 0 aliphatic rings. The summed E-state index contributed by atoms with van der Waals surface area (Å²) in [5.74, 6) is -0.962. The maximum atomic E-state index is 12.3. The van der Waals surface area contributed by atoms with Crippen LogP contribution < -0.4 is 15.2 Å². The van der Waals surface area contributed by atoms with Crippen LogP contribution in [0.15, 0.2) is 53.4 Å². The Morgan fingerprint density at radius 2 is 1.77 bits per heavy atom. The van der Waals surface area contributed by atoms with E-state index in [1.165, 1.54) is 19.2 Å². The van der Waals surface area contributed by atoms with Gasteiger partial charge in [-0.05, 0) is 36.1 Å². The third-order valence-corrected chi connectivity index (χ3v) is 5.22. The van der Waals surface area contributed by atoms with E-state index in [0.717, 1.165) is 18.1 Å². The molecular weight excluding hydrogens is 408 g/mol. The van der Waals surface area contributed by atoms with Crippen molar-refractivity contribution in [2.24, 2.45) is 11.1 Å². The van der Waals surface area contributed by atoms with Crippen molar-refractivity contribution in [1.82, 2.24) is 5.32 Å². The molecule has 0 radical (unpaired) electrons. The van der Waals surface area contributed by atoms with E-state index in [9.17, 15) is 18.0 Å². The number of methoxy groups -OCH3 is 1. The molecule has 1 amide bonds. The minimum Gasteiger partial charge on any atom is -0.495 e. The van der Waals surface area contributed by atoms with Crippen LogP contribution in [0.2, 0.25) is 0 Å². The second-order valence-electron chi connectivity index (χ2n) is 7.15. The second-order valence-corrected chi connectivity index (χ2v) is 8.68. The Labute approximate surface area is 176 Å². The van der Waals surface area contributed by atoms with E-state index < -0.39 is 28.5 Å². The molecule has 162 valence electrons. The quantitative estimate of drug-likeness (QED) is 0.584. The number of nitrogens with one attached hydrogen (secondary N) is 1. The highest BCUT2D eigenvalue weighted by molar-refractivity contribution is 7.89. The maximum Gasteiger partial charge on any atom is 0.338 e. The van der Waals surface area contributed by atoms with E-state index >= 15 is 0 Å². The number of benzene rings is 2. The van der Waals surface area contributed by atoms with Crippen LogP contribution in [-0.2, 0) is 19.6 Å². The molecule has 3 N–H and O–H groups in total. The first-order valence-electron chi connectivity index (χ1n) is 9.34. The molecule has 2 rings (SSSR count). The van der Waals surface area contributed by atoms with Crippen LogP contribution in [0.1, 0.15) is 42.2 Å². The molecule has 1 unspecified atom stereocenters. The van der Waals surface area contributed by atoms with E-state index in [-0.39, 0.29) is 22.3 Å². The number of esters is 1. The van der Waals surface area contributed by atoms with Crippen LogP contribution >= 0.6 is 0 Å². The number of carbonyl (C=O) groups excluding carboxylic acids is 2. The molecule has 0 bridgehead atoms. The lowest BCUT2D eigenvalue weighted by Gasteiger charge is -2.21. The van der Waals surface area contributed by atoms with E-state index in [1.807, 2.05) is 30.3 Å². The molecule has 1 atom stereocenters. The van der Waals surface area contributed by atoms with Gasteiger partial charge in [0.15, 0.2) is 6.61 Å². The predicted octanol–water partition coefficient (Wildman–Crippen LogP) is 2.40. The standard InChI is InChI=1S/C21H26N2O6S/c1-14(2)11-17(15-7-5-4-6-8-15)23-20(24)13-29-21(25)16-9-10-18(28-3)19(12-16)30(22,26)27/h4-10,12,14,17H,11,13H2,1-3H3,(H,23,24)(H2,22,26,27). The van der Waals surface area contributed by atoms with Gasteiger partial charge in [-0.1, -0.05) is 44.2 Å². The normalized spacial score (nSPS) is 12.3. The predicted molar refractivity (Wildman–Crippen MR) is 111 cm³/mol. The largest absolute Gasteiger partial charge is 0.495 e. The Balaban J connectivity index is 2.05. The Bertz CT molecular complexity index is 990. The molecular formula is C21H26N2O6S. The van der Waals surface area contributed by atoms with Crippen LogP contribution in [0, 0.1) is 5.92 Å². The molecule has 30 heavy (non-hydrogen) atoms. The SMILES string of the molecule is COc1ccc(C(=O)OCC(=O)NC(CC(C)C)c2ccccc2)cc1S(N)(=O)=O. The van der Waals surface area contributed by atoms with Crippen molar-refractivity contribution < 1.29 is 27.5 Å². The topological polar surface area (TPSA) is 125 Å². The van der Waals surface area contributed by atoms with Gasteiger partial charge in [-0.3, -0.25) is 4.79 Å². The van der Waals surface area contributed by atoms with Crippen LogP contribution in [0.3, 0.4) is 0 Å². The zero-order valence-corrected chi connectivity index (χ0v) is 17.9. The molecule has 2 aromatic carbocycles. The number of sulfonamides is 1. The van der Waals surface area contributed by atoms with Gasteiger partial charge < -0.3 is 14.8 Å². The second kappa shape index (κ2) is 10.2. The molecule has 0 aromatic heterocycles. The summed E-state index contributed by atoms with van der Waals surface area (Å²) in [4.78, 5) is 24.3. The van der Waals surface area contributed by atoms with Crippen molar-refractivity contribution in [3.8, 4) is 5.75 Å². The zero-order chi connectivity index (χ0) is 22.3. The summed E-state index contributed by atoms with van der Waals surface area (Å²) in [6.07, 6.45) is 0.722. The first-order chi connectivity index (χ1) is 14.1. The van der Waals surface area contributed by atoms with Crippen molar-refractivity contribution in [1.29, 1.82) is 0 Å². The third-order valence-electron chi connectivity index (χ3n) is 4.28. The van der Waals surface area contributed by atoms with Gasteiger partial charge in [-0.25, -0.2) is 18.4 Å². The van der Waals surface area contributed by atoms with Crippen molar-refractivity contribution in [3.05, 3.63) is 59.7 Å². The lowest BCUT2D eigenvalue weighted by atomic mass is 9.97. The number of hydrogen-bond acceptors (Lipinski definition) is 6. The number of primary sulfonamides is 1. The minimum atomic E-state index is -4.10. The summed E-state index contributed by atoms with van der Waals surface area (Å²) in [5.41, 5.74) is 0.897. The maximum absolute atomic E-state index is 12.3. The van der Waals surface area contributed by atoms with Gasteiger partial charge in [0.2, 0.25) is 10.0 Å². The molecule has 8 nitrogen and oxygen atoms in total. The highest BCUT2D eigenvalue weighted by Crippen LogP contribution is 2.24. The number of carbonyl (C=O) groups is 2. The van der Waals surface area contributed by atoms with Crippen molar-refractivity contribution >= 4 is 21.9 Å². The van der Waals surface area contributed by atoms with Crippen LogP contribution in [0.25, 0.3) is 0 Å². The fourth-order valence-electron chi connectivity index (χ4n) is 2.91. The third kappa shape index (κ3) is 6.57. The Kier molecular flexibility index (Phi) is 7.96. The van der Waals surface area contributed by atoms with Crippen molar-refractivity contribution in [2.45, 2.75) is 31.2 Å².